The van der Waals surface area contributed by atoms with Gasteiger partial charge in [0.05, 0.1) is 18.4 Å². The summed E-state index contributed by atoms with van der Waals surface area (Å²) in [6.07, 6.45) is 0. The van der Waals surface area contributed by atoms with Crippen molar-refractivity contribution in [3.8, 4) is 11.5 Å². The minimum Gasteiger partial charge on any atom is -0.496 e. The minimum absolute atomic E-state index is 0.00296. The van der Waals surface area contributed by atoms with Crippen molar-refractivity contribution in [2.24, 2.45) is 0 Å². The van der Waals surface area contributed by atoms with E-state index < -0.39 is 22.0 Å². The predicted octanol–water partition coefficient (Wildman–Crippen LogP) is 5.44. The number of aryl methyl sites for hydroxylation is 2. The van der Waals surface area contributed by atoms with Crippen molar-refractivity contribution in [3.05, 3.63) is 69.9 Å². The van der Waals surface area contributed by atoms with Crippen molar-refractivity contribution in [1.29, 1.82) is 0 Å². The van der Waals surface area contributed by atoms with Crippen LogP contribution in [-0.4, -0.2) is 32.6 Å². The molecule has 0 aliphatic carbocycles. The summed E-state index contributed by atoms with van der Waals surface area (Å²) >= 11 is 6.37. The third kappa shape index (κ3) is 5.15. The van der Waals surface area contributed by atoms with Crippen LogP contribution in [0.15, 0.2) is 52.0 Å². The molecule has 182 valence electrons. The first kappa shape index (κ1) is 25.5. The van der Waals surface area contributed by atoms with Gasteiger partial charge >= 0.3 is 5.97 Å². The van der Waals surface area contributed by atoms with Crippen LogP contribution in [0.2, 0.25) is 5.02 Å². The number of hydrogen-bond donors (Lipinski definition) is 1. The van der Waals surface area contributed by atoms with Crippen LogP contribution in [0, 0.1) is 13.8 Å². The monoisotopic (exact) mass is 507 g/mol. The molecule has 0 aliphatic rings. The average Bonchev–Trinajstić information content (AvgIpc) is 3.21. The first-order chi connectivity index (χ1) is 15.9. The molecule has 0 unspecified atom stereocenters. The summed E-state index contributed by atoms with van der Waals surface area (Å²) in [7, 11) is -2.63. The Balaban J connectivity index is 2.05. The van der Waals surface area contributed by atoms with Crippen LogP contribution in [0.3, 0.4) is 0 Å². The molecule has 0 fully saturated rings. The predicted molar refractivity (Wildman–Crippen MR) is 129 cm³/mol. The molecule has 0 amide bonds. The lowest BCUT2D eigenvalue weighted by molar-refractivity contribution is 0.0696. The fourth-order valence-electron chi connectivity index (χ4n) is 3.42. The SMILES string of the molecule is COc1cc(C(=O)O)ccc1COc1cc(C)c(Cl)cc1N(C(C)C)S(=O)(=O)c1ccc(C)o1. The quantitative estimate of drug-likeness (QED) is 0.411. The van der Waals surface area contributed by atoms with E-state index in [1.165, 1.54) is 29.6 Å². The standard InChI is InChI=1S/C24H26ClNO7S/c1-14(2)26(34(29,30)23-9-6-16(4)33-23)20-12-19(25)15(3)10-22(20)32-13-18-8-7-17(24(27)28)11-21(18)31-5/h6-12,14H,13H2,1-5H3,(H,27,28). The van der Waals surface area contributed by atoms with Crippen LogP contribution in [0.25, 0.3) is 0 Å². The summed E-state index contributed by atoms with van der Waals surface area (Å²) in [6, 6.07) is 10.1. The largest absolute Gasteiger partial charge is 0.496 e. The maximum absolute atomic E-state index is 13.5. The molecule has 34 heavy (non-hydrogen) atoms. The lowest BCUT2D eigenvalue weighted by Gasteiger charge is -2.29. The number of benzene rings is 2. The maximum atomic E-state index is 13.5. The smallest absolute Gasteiger partial charge is 0.335 e. The maximum Gasteiger partial charge on any atom is 0.335 e. The van der Waals surface area contributed by atoms with E-state index in [0.29, 0.717) is 27.7 Å². The summed E-state index contributed by atoms with van der Waals surface area (Å²) in [5, 5.41) is 9.40. The number of carbonyl (C=O) groups is 1. The molecular formula is C24H26ClNO7S. The van der Waals surface area contributed by atoms with Crippen LogP contribution in [0.5, 0.6) is 11.5 Å². The zero-order valence-electron chi connectivity index (χ0n) is 19.5. The van der Waals surface area contributed by atoms with E-state index in [1.54, 1.807) is 52.0 Å². The van der Waals surface area contributed by atoms with Gasteiger partial charge in [-0.1, -0.05) is 17.7 Å². The zero-order chi connectivity index (χ0) is 25.2. The highest BCUT2D eigenvalue weighted by molar-refractivity contribution is 7.92. The van der Waals surface area contributed by atoms with Crippen molar-refractivity contribution in [1.82, 2.24) is 0 Å². The molecule has 1 aromatic heterocycles. The lowest BCUT2D eigenvalue weighted by Crippen LogP contribution is -2.37. The highest BCUT2D eigenvalue weighted by Gasteiger charge is 2.33. The van der Waals surface area contributed by atoms with E-state index in [-0.39, 0.29) is 28.7 Å². The molecule has 3 aromatic rings. The molecule has 1 N–H and O–H groups in total. The fourth-order valence-corrected chi connectivity index (χ4v) is 5.20. The number of hydrogen-bond acceptors (Lipinski definition) is 6. The van der Waals surface area contributed by atoms with Gasteiger partial charge in [0.2, 0.25) is 5.09 Å². The van der Waals surface area contributed by atoms with Gasteiger partial charge in [0, 0.05) is 16.6 Å². The number of anilines is 1. The van der Waals surface area contributed by atoms with Crippen molar-refractivity contribution in [2.45, 2.75) is 45.4 Å². The van der Waals surface area contributed by atoms with E-state index in [1.807, 2.05) is 0 Å². The third-order valence-electron chi connectivity index (χ3n) is 5.09. The van der Waals surface area contributed by atoms with Gasteiger partial charge in [0.1, 0.15) is 23.9 Å². The zero-order valence-corrected chi connectivity index (χ0v) is 21.0. The number of ether oxygens (including phenoxy) is 2. The number of aromatic carboxylic acids is 1. The van der Waals surface area contributed by atoms with Crippen LogP contribution in [0.1, 0.15) is 41.1 Å². The Morgan fingerprint density at radius 2 is 1.82 bits per heavy atom. The van der Waals surface area contributed by atoms with Crippen molar-refractivity contribution in [3.63, 3.8) is 0 Å². The van der Waals surface area contributed by atoms with Crippen LogP contribution in [0.4, 0.5) is 5.69 Å². The molecule has 8 nitrogen and oxygen atoms in total. The second-order valence-corrected chi connectivity index (χ2v) is 10.1. The molecule has 0 saturated carbocycles. The van der Waals surface area contributed by atoms with Crippen LogP contribution >= 0.6 is 11.6 Å². The summed E-state index contributed by atoms with van der Waals surface area (Å²) in [5.41, 5.74) is 1.62. The van der Waals surface area contributed by atoms with Crippen LogP contribution in [-0.2, 0) is 16.6 Å². The Morgan fingerprint density at radius 3 is 2.38 bits per heavy atom. The highest BCUT2D eigenvalue weighted by Crippen LogP contribution is 2.39. The molecular weight excluding hydrogens is 482 g/mol. The van der Waals surface area contributed by atoms with Gasteiger partial charge in [-0.05, 0) is 69.7 Å². The van der Waals surface area contributed by atoms with Gasteiger partial charge in [0.15, 0.2) is 0 Å². The number of nitrogens with zero attached hydrogens (tertiary/aromatic N) is 1. The van der Waals surface area contributed by atoms with E-state index in [9.17, 15) is 18.3 Å². The molecule has 0 spiro atoms. The van der Waals surface area contributed by atoms with Gasteiger partial charge in [-0.25, -0.2) is 4.79 Å². The fraction of sp³-hybridized carbons (Fsp3) is 0.292. The summed E-state index contributed by atoms with van der Waals surface area (Å²) in [5.74, 6) is 0.0169. The Morgan fingerprint density at radius 1 is 1.12 bits per heavy atom. The Kier molecular flexibility index (Phi) is 7.48. The van der Waals surface area contributed by atoms with Gasteiger partial charge in [-0.2, -0.15) is 8.42 Å². The van der Waals surface area contributed by atoms with Crippen molar-refractivity contribution >= 4 is 33.3 Å². The lowest BCUT2D eigenvalue weighted by atomic mass is 10.1. The number of carboxylic acid groups (broad SMARTS) is 1. The van der Waals surface area contributed by atoms with E-state index >= 15 is 0 Å². The highest BCUT2D eigenvalue weighted by atomic mass is 35.5. The van der Waals surface area contributed by atoms with Gasteiger partial charge in [-0.3, -0.25) is 4.31 Å². The first-order valence-corrected chi connectivity index (χ1v) is 12.2. The Bertz CT molecular complexity index is 1310. The molecule has 1 heterocycles. The first-order valence-electron chi connectivity index (χ1n) is 10.4. The molecule has 0 atom stereocenters. The van der Waals surface area contributed by atoms with E-state index in [4.69, 9.17) is 25.5 Å². The molecule has 0 saturated heterocycles. The minimum atomic E-state index is -4.06. The summed E-state index contributed by atoms with van der Waals surface area (Å²) in [6.45, 7) is 6.92. The second kappa shape index (κ2) is 9.99. The molecule has 0 bridgehead atoms. The molecule has 2 aromatic carbocycles. The number of rotatable bonds is 9. The number of carboxylic acids is 1. The summed E-state index contributed by atoms with van der Waals surface area (Å²) in [4.78, 5) is 11.3. The number of methoxy groups -OCH3 is 1. The normalized spacial score (nSPS) is 11.5. The van der Waals surface area contributed by atoms with Gasteiger partial charge in [-0.15, -0.1) is 0 Å². The molecule has 3 rings (SSSR count). The van der Waals surface area contributed by atoms with Gasteiger partial charge in [0.25, 0.3) is 10.0 Å². The topological polar surface area (TPSA) is 106 Å². The second-order valence-electron chi connectivity index (χ2n) is 7.95. The number of sulfonamides is 1. The van der Waals surface area contributed by atoms with Gasteiger partial charge < -0.3 is 19.0 Å². The number of furan rings is 1. The molecule has 0 aliphatic heterocycles. The van der Waals surface area contributed by atoms with E-state index in [2.05, 4.69) is 0 Å². The van der Waals surface area contributed by atoms with Crippen molar-refractivity contribution in [2.75, 3.05) is 11.4 Å². The Labute approximate surface area is 203 Å². The van der Waals surface area contributed by atoms with E-state index in [0.717, 1.165) is 0 Å². The third-order valence-corrected chi connectivity index (χ3v) is 7.36. The Hall–Kier alpha value is -3.17. The van der Waals surface area contributed by atoms with Crippen LogP contribution < -0.4 is 13.8 Å². The average molecular weight is 508 g/mol. The summed E-state index contributed by atoms with van der Waals surface area (Å²) < 4.78 is 44.9. The molecule has 0 radical (unpaired) electrons. The number of halogens is 1. The van der Waals surface area contributed by atoms with Crippen molar-refractivity contribution < 1.29 is 32.2 Å². The molecule has 10 heteroatoms.